The van der Waals surface area contributed by atoms with Crippen LogP contribution in [0.5, 0.6) is 0 Å². The molecule has 1 unspecified atom stereocenters. The second kappa shape index (κ2) is 7.31. The molecule has 0 amide bonds. The molecule has 0 bridgehead atoms. The lowest BCUT2D eigenvalue weighted by Gasteiger charge is -2.32. The Hall–Kier alpha value is -0.330. The average molecular weight is 298 g/mol. The molecule has 0 aromatic carbocycles. The molecule has 1 saturated heterocycles. The van der Waals surface area contributed by atoms with E-state index in [-0.39, 0.29) is 5.75 Å². The highest BCUT2D eigenvalue weighted by Gasteiger charge is 2.36. The van der Waals surface area contributed by atoms with Crippen LogP contribution in [0.2, 0.25) is 0 Å². The maximum Gasteiger partial charge on any atom is 0.324 e. The molecule has 0 aromatic heterocycles. The highest BCUT2D eigenvalue weighted by molar-refractivity contribution is 7.89. The zero-order valence-electron chi connectivity index (χ0n) is 10.6. The van der Waals surface area contributed by atoms with Gasteiger partial charge >= 0.3 is 5.97 Å². The third-order valence-corrected chi connectivity index (χ3v) is 5.29. The number of hydrogen-bond donors (Lipinski definition) is 0. The number of ether oxygens (including phenoxy) is 1. The van der Waals surface area contributed by atoms with Crippen LogP contribution >= 0.6 is 11.6 Å². The van der Waals surface area contributed by atoms with Crippen molar-refractivity contribution in [2.45, 2.75) is 38.1 Å². The van der Waals surface area contributed by atoms with Gasteiger partial charge in [-0.05, 0) is 32.1 Å². The van der Waals surface area contributed by atoms with Crippen molar-refractivity contribution < 1.29 is 17.9 Å². The van der Waals surface area contributed by atoms with Crippen LogP contribution in [0.15, 0.2) is 0 Å². The van der Waals surface area contributed by atoms with Crippen molar-refractivity contribution in [2.24, 2.45) is 0 Å². The summed E-state index contributed by atoms with van der Waals surface area (Å²) in [6.07, 6.45) is 3.38. The van der Waals surface area contributed by atoms with Gasteiger partial charge in [0.05, 0.1) is 12.9 Å². The lowest BCUT2D eigenvalue weighted by molar-refractivity contribution is -0.146. The molecule has 5 nitrogen and oxygen atoms in total. The Morgan fingerprint density at radius 3 is 2.72 bits per heavy atom. The predicted octanol–water partition coefficient (Wildman–Crippen LogP) is 1.36. The van der Waals surface area contributed by atoms with Crippen molar-refractivity contribution in [3.63, 3.8) is 0 Å². The molecule has 1 fully saturated rings. The summed E-state index contributed by atoms with van der Waals surface area (Å²) in [4.78, 5) is 11.6. The molecular formula is C11H20ClNO4S. The first-order chi connectivity index (χ1) is 8.53. The van der Waals surface area contributed by atoms with Crippen molar-refractivity contribution in [2.75, 3.05) is 25.3 Å². The number of nitrogens with zero attached hydrogens (tertiary/aromatic N) is 1. The minimum Gasteiger partial charge on any atom is -0.468 e. The second-order valence-corrected chi connectivity index (χ2v) is 6.78. The Kier molecular flexibility index (Phi) is 6.38. The van der Waals surface area contributed by atoms with Crippen molar-refractivity contribution in [1.29, 1.82) is 0 Å². The maximum atomic E-state index is 12.2. The van der Waals surface area contributed by atoms with Crippen molar-refractivity contribution in [3.05, 3.63) is 0 Å². The molecule has 106 valence electrons. The van der Waals surface area contributed by atoms with Gasteiger partial charge in [0.25, 0.3) is 0 Å². The van der Waals surface area contributed by atoms with Gasteiger partial charge in [0.1, 0.15) is 6.04 Å². The van der Waals surface area contributed by atoms with Gasteiger partial charge in [0.2, 0.25) is 10.0 Å². The molecule has 18 heavy (non-hydrogen) atoms. The number of alkyl halides is 1. The smallest absolute Gasteiger partial charge is 0.324 e. The van der Waals surface area contributed by atoms with E-state index in [1.165, 1.54) is 11.4 Å². The number of hydrogen-bond acceptors (Lipinski definition) is 4. The Labute approximate surface area is 113 Å². The molecule has 0 radical (unpaired) electrons. The molecule has 0 saturated carbocycles. The third-order valence-electron chi connectivity index (χ3n) is 3.07. The van der Waals surface area contributed by atoms with E-state index < -0.39 is 22.0 Å². The first kappa shape index (κ1) is 15.7. The fourth-order valence-electron chi connectivity index (χ4n) is 2.11. The predicted molar refractivity (Wildman–Crippen MR) is 70.1 cm³/mol. The fraction of sp³-hybridized carbons (Fsp3) is 0.909. The molecule has 1 aliphatic heterocycles. The minimum absolute atomic E-state index is 0.0488. The third kappa shape index (κ3) is 4.10. The Balaban J connectivity index is 2.73. The highest BCUT2D eigenvalue weighted by atomic mass is 35.5. The second-order valence-electron chi connectivity index (χ2n) is 4.36. The maximum absolute atomic E-state index is 12.2. The topological polar surface area (TPSA) is 63.7 Å². The summed E-state index contributed by atoms with van der Waals surface area (Å²) >= 11 is 5.54. The Morgan fingerprint density at radius 1 is 1.39 bits per heavy atom. The molecule has 7 heteroatoms. The molecule has 1 aliphatic rings. The first-order valence-corrected chi connectivity index (χ1v) is 8.30. The van der Waals surface area contributed by atoms with Gasteiger partial charge in [0, 0.05) is 12.4 Å². The van der Waals surface area contributed by atoms with E-state index in [4.69, 9.17) is 11.6 Å². The van der Waals surface area contributed by atoms with Crippen LogP contribution < -0.4 is 0 Å². The molecule has 0 aliphatic carbocycles. The molecule has 1 atom stereocenters. The van der Waals surface area contributed by atoms with E-state index in [0.29, 0.717) is 31.7 Å². The van der Waals surface area contributed by atoms with E-state index in [1.807, 2.05) is 0 Å². The van der Waals surface area contributed by atoms with E-state index >= 15 is 0 Å². The van der Waals surface area contributed by atoms with Crippen molar-refractivity contribution >= 4 is 27.6 Å². The fourth-order valence-corrected chi connectivity index (χ4v) is 4.08. The van der Waals surface area contributed by atoms with Crippen LogP contribution in [0, 0.1) is 0 Å². The molecular weight excluding hydrogens is 278 g/mol. The van der Waals surface area contributed by atoms with E-state index in [9.17, 15) is 13.2 Å². The molecule has 1 heterocycles. The largest absolute Gasteiger partial charge is 0.468 e. The number of esters is 1. The number of methoxy groups -OCH3 is 1. The summed E-state index contributed by atoms with van der Waals surface area (Å²) in [6, 6.07) is -0.648. The molecule has 0 spiro atoms. The summed E-state index contributed by atoms with van der Waals surface area (Å²) in [6.45, 7) is 0.406. The van der Waals surface area contributed by atoms with Crippen LogP contribution in [0.25, 0.3) is 0 Å². The summed E-state index contributed by atoms with van der Waals surface area (Å²) < 4.78 is 30.3. The van der Waals surface area contributed by atoms with Crippen LogP contribution in [-0.4, -0.2) is 50.0 Å². The average Bonchev–Trinajstić information content (AvgIpc) is 2.38. The van der Waals surface area contributed by atoms with E-state index in [2.05, 4.69) is 4.74 Å². The van der Waals surface area contributed by atoms with Crippen molar-refractivity contribution in [3.8, 4) is 0 Å². The molecule has 0 N–H and O–H groups in total. The summed E-state index contributed by atoms with van der Waals surface area (Å²) in [5, 5.41) is 0. The Bertz CT molecular complexity index is 371. The quantitative estimate of drug-likeness (QED) is 0.422. The van der Waals surface area contributed by atoms with Crippen LogP contribution in [-0.2, 0) is 19.6 Å². The lowest BCUT2D eigenvalue weighted by Crippen LogP contribution is -2.49. The lowest BCUT2D eigenvalue weighted by atomic mass is 10.1. The van der Waals surface area contributed by atoms with Crippen LogP contribution in [0.1, 0.15) is 32.1 Å². The van der Waals surface area contributed by atoms with Gasteiger partial charge < -0.3 is 4.74 Å². The van der Waals surface area contributed by atoms with Crippen LogP contribution in [0.3, 0.4) is 0 Å². The summed E-state index contributed by atoms with van der Waals surface area (Å²) in [5.41, 5.74) is 0. The van der Waals surface area contributed by atoms with E-state index in [1.54, 1.807) is 0 Å². The Morgan fingerprint density at radius 2 is 2.11 bits per heavy atom. The van der Waals surface area contributed by atoms with Gasteiger partial charge in [-0.15, -0.1) is 11.6 Å². The monoisotopic (exact) mass is 297 g/mol. The number of carbonyl (C=O) groups is 1. The minimum atomic E-state index is -3.39. The van der Waals surface area contributed by atoms with Crippen LogP contribution in [0.4, 0.5) is 0 Å². The zero-order valence-corrected chi connectivity index (χ0v) is 12.2. The van der Waals surface area contributed by atoms with Gasteiger partial charge in [-0.2, -0.15) is 4.31 Å². The van der Waals surface area contributed by atoms with Gasteiger partial charge in [0.15, 0.2) is 0 Å². The van der Waals surface area contributed by atoms with Gasteiger partial charge in [-0.3, -0.25) is 4.79 Å². The number of piperidine rings is 1. The SMILES string of the molecule is COC(=O)C1CCCCN1S(=O)(=O)CCCCCl. The molecule has 1 rings (SSSR count). The summed E-state index contributed by atoms with van der Waals surface area (Å²) in [7, 11) is -2.10. The van der Waals surface area contributed by atoms with E-state index in [0.717, 1.165) is 12.8 Å². The normalized spacial score (nSPS) is 21.8. The van der Waals surface area contributed by atoms with Gasteiger partial charge in [-0.1, -0.05) is 0 Å². The zero-order chi connectivity index (χ0) is 13.6. The number of carbonyl (C=O) groups excluding carboxylic acids is 1. The summed E-state index contributed by atoms with van der Waals surface area (Å²) in [5.74, 6) is 0.0407. The number of rotatable bonds is 6. The number of unbranched alkanes of at least 4 members (excludes halogenated alkanes) is 1. The molecule has 0 aromatic rings. The first-order valence-electron chi connectivity index (χ1n) is 6.16. The van der Waals surface area contributed by atoms with Gasteiger partial charge in [-0.25, -0.2) is 8.42 Å². The highest BCUT2D eigenvalue weighted by Crippen LogP contribution is 2.22. The number of halogens is 1. The number of sulfonamides is 1. The van der Waals surface area contributed by atoms with Crippen molar-refractivity contribution in [1.82, 2.24) is 4.31 Å². The standard InChI is InChI=1S/C11H20ClNO4S/c1-17-11(14)10-6-2-4-8-13(10)18(15,16)9-5-3-7-12/h10H,2-9H2,1H3.